The van der Waals surface area contributed by atoms with Gasteiger partial charge in [-0.2, -0.15) is 0 Å². The topological polar surface area (TPSA) is 115 Å². The predicted molar refractivity (Wildman–Crippen MR) is 76.1 cm³/mol. The Balaban J connectivity index is 2.60. The molecule has 0 bridgehead atoms. The third-order valence-electron chi connectivity index (χ3n) is 3.75. The molecule has 0 spiro atoms. The summed E-state index contributed by atoms with van der Waals surface area (Å²) in [5, 5.41) is 17.5. The minimum atomic E-state index is -1.06. The Kier molecular flexibility index (Phi) is 6.81. The molecule has 0 aromatic rings. The molecule has 1 fully saturated rings. The molecule has 2 amide bonds. The normalized spacial score (nSPS) is 18.4. The molecule has 0 aromatic heterocycles. The van der Waals surface area contributed by atoms with Crippen molar-refractivity contribution in [1.82, 2.24) is 9.80 Å². The van der Waals surface area contributed by atoms with Gasteiger partial charge in [-0.1, -0.05) is 0 Å². The van der Waals surface area contributed by atoms with Crippen LogP contribution in [0.5, 0.6) is 0 Å². The first-order valence-corrected chi connectivity index (χ1v) is 7.29. The van der Waals surface area contributed by atoms with E-state index in [-0.39, 0.29) is 37.2 Å². The van der Waals surface area contributed by atoms with Gasteiger partial charge in [0.25, 0.3) is 0 Å². The molecule has 1 saturated heterocycles. The van der Waals surface area contributed by atoms with E-state index in [2.05, 4.69) is 0 Å². The van der Waals surface area contributed by atoms with E-state index in [1.807, 2.05) is 0 Å². The van der Waals surface area contributed by atoms with Crippen molar-refractivity contribution in [2.45, 2.75) is 45.1 Å². The highest BCUT2D eigenvalue weighted by molar-refractivity contribution is 5.81. The van der Waals surface area contributed by atoms with Crippen LogP contribution in [-0.4, -0.2) is 69.4 Å². The molecule has 1 aliphatic heterocycles. The maximum Gasteiger partial charge on any atom is 0.323 e. The first-order chi connectivity index (χ1) is 10.3. The van der Waals surface area contributed by atoms with Crippen LogP contribution in [0, 0.1) is 0 Å². The van der Waals surface area contributed by atoms with E-state index in [1.165, 1.54) is 11.8 Å². The van der Waals surface area contributed by atoms with Gasteiger partial charge in [0.2, 0.25) is 11.8 Å². The number of carbonyl (C=O) groups is 4. The van der Waals surface area contributed by atoms with Gasteiger partial charge in [0, 0.05) is 32.5 Å². The maximum atomic E-state index is 11.9. The number of likely N-dealkylation sites (tertiary alicyclic amines) is 1. The molecule has 1 atom stereocenters. The van der Waals surface area contributed by atoms with Gasteiger partial charge in [-0.15, -0.1) is 0 Å². The zero-order valence-corrected chi connectivity index (χ0v) is 12.7. The van der Waals surface area contributed by atoms with Gasteiger partial charge in [0.1, 0.15) is 6.54 Å². The highest BCUT2D eigenvalue weighted by Crippen LogP contribution is 2.18. The van der Waals surface area contributed by atoms with Gasteiger partial charge < -0.3 is 20.0 Å². The molecule has 0 saturated carbocycles. The summed E-state index contributed by atoms with van der Waals surface area (Å²) in [4.78, 5) is 47.8. The van der Waals surface area contributed by atoms with Crippen molar-refractivity contribution in [3.8, 4) is 0 Å². The fourth-order valence-electron chi connectivity index (χ4n) is 2.66. The number of carboxylic acids is 2. The van der Waals surface area contributed by atoms with Crippen LogP contribution in [-0.2, 0) is 19.2 Å². The van der Waals surface area contributed by atoms with E-state index in [0.717, 1.165) is 0 Å². The lowest BCUT2D eigenvalue weighted by molar-refractivity contribution is -0.145. The number of aliphatic carboxylic acids is 2. The summed E-state index contributed by atoms with van der Waals surface area (Å²) in [6.07, 6.45) is 1.57. The van der Waals surface area contributed by atoms with Crippen LogP contribution in [0.15, 0.2) is 0 Å². The summed E-state index contributed by atoms with van der Waals surface area (Å²) in [5.41, 5.74) is 0. The molecule has 22 heavy (non-hydrogen) atoms. The summed E-state index contributed by atoms with van der Waals surface area (Å²) >= 11 is 0. The van der Waals surface area contributed by atoms with Crippen molar-refractivity contribution in [3.05, 3.63) is 0 Å². The van der Waals surface area contributed by atoms with Gasteiger partial charge >= 0.3 is 11.9 Å². The SMILES string of the molecule is CC(=O)N(CC(=O)O)C1CCCN(C(=O)CCC(=O)O)CC1. The van der Waals surface area contributed by atoms with E-state index in [1.54, 1.807) is 4.90 Å². The number of hydrogen-bond donors (Lipinski definition) is 2. The Morgan fingerprint density at radius 3 is 2.27 bits per heavy atom. The molecule has 0 aliphatic carbocycles. The number of hydrogen-bond acceptors (Lipinski definition) is 4. The van der Waals surface area contributed by atoms with Crippen LogP contribution in [0.3, 0.4) is 0 Å². The average molecular weight is 314 g/mol. The summed E-state index contributed by atoms with van der Waals surface area (Å²) < 4.78 is 0. The van der Waals surface area contributed by atoms with E-state index in [4.69, 9.17) is 10.2 Å². The van der Waals surface area contributed by atoms with Crippen molar-refractivity contribution in [3.63, 3.8) is 0 Å². The van der Waals surface area contributed by atoms with Gasteiger partial charge in [0.15, 0.2) is 0 Å². The van der Waals surface area contributed by atoms with Gasteiger partial charge in [-0.25, -0.2) is 0 Å². The Morgan fingerprint density at radius 1 is 1.05 bits per heavy atom. The summed E-state index contributed by atoms with van der Waals surface area (Å²) in [5.74, 6) is -2.58. The molecular formula is C14H22N2O6. The average Bonchev–Trinajstić information content (AvgIpc) is 2.67. The second-order valence-electron chi connectivity index (χ2n) is 5.40. The zero-order chi connectivity index (χ0) is 16.7. The highest BCUT2D eigenvalue weighted by atomic mass is 16.4. The Morgan fingerprint density at radius 2 is 1.73 bits per heavy atom. The molecule has 0 aromatic carbocycles. The Hall–Kier alpha value is -2.12. The predicted octanol–water partition coefficient (Wildman–Crippen LogP) is 0.165. The molecule has 1 unspecified atom stereocenters. The van der Waals surface area contributed by atoms with Gasteiger partial charge in [-0.05, 0) is 19.3 Å². The number of amides is 2. The Bertz CT molecular complexity index is 451. The molecule has 8 heteroatoms. The minimum Gasteiger partial charge on any atom is -0.481 e. The van der Waals surface area contributed by atoms with Crippen LogP contribution >= 0.6 is 0 Å². The lowest BCUT2D eigenvalue weighted by Gasteiger charge is -2.28. The van der Waals surface area contributed by atoms with Crippen molar-refractivity contribution in [2.24, 2.45) is 0 Å². The lowest BCUT2D eigenvalue weighted by atomic mass is 10.1. The second-order valence-corrected chi connectivity index (χ2v) is 5.40. The first-order valence-electron chi connectivity index (χ1n) is 7.29. The molecule has 124 valence electrons. The van der Waals surface area contributed by atoms with Crippen molar-refractivity contribution < 1.29 is 29.4 Å². The number of nitrogens with zero attached hydrogens (tertiary/aromatic N) is 2. The van der Waals surface area contributed by atoms with Crippen LogP contribution in [0.1, 0.15) is 39.0 Å². The fraction of sp³-hybridized carbons (Fsp3) is 0.714. The van der Waals surface area contributed by atoms with Crippen LogP contribution in [0.25, 0.3) is 0 Å². The maximum absolute atomic E-state index is 11.9. The second kappa shape index (κ2) is 8.35. The summed E-state index contributed by atoms with van der Waals surface area (Å²) in [7, 11) is 0. The van der Waals surface area contributed by atoms with Crippen molar-refractivity contribution in [1.29, 1.82) is 0 Å². The molecule has 0 radical (unpaired) electrons. The largest absolute Gasteiger partial charge is 0.481 e. The minimum absolute atomic E-state index is 0.0362. The van der Waals surface area contributed by atoms with Gasteiger partial charge in [-0.3, -0.25) is 19.2 Å². The Labute approximate surface area is 128 Å². The lowest BCUT2D eigenvalue weighted by Crippen LogP contribution is -2.43. The van der Waals surface area contributed by atoms with E-state index < -0.39 is 11.9 Å². The van der Waals surface area contributed by atoms with Crippen LogP contribution in [0.2, 0.25) is 0 Å². The molecule has 1 heterocycles. The standard InChI is InChI=1S/C14H22N2O6/c1-10(17)16(9-14(21)22)11-3-2-7-15(8-6-11)12(18)4-5-13(19)20/h11H,2-9H2,1H3,(H,19,20)(H,21,22). The van der Waals surface area contributed by atoms with E-state index >= 15 is 0 Å². The number of carboxylic acid groups (broad SMARTS) is 2. The molecule has 8 nitrogen and oxygen atoms in total. The third kappa shape index (κ3) is 5.71. The summed E-state index contributed by atoms with van der Waals surface area (Å²) in [6, 6.07) is -0.203. The zero-order valence-electron chi connectivity index (χ0n) is 12.7. The van der Waals surface area contributed by atoms with Crippen LogP contribution < -0.4 is 0 Å². The monoisotopic (exact) mass is 314 g/mol. The quantitative estimate of drug-likeness (QED) is 0.722. The summed E-state index contributed by atoms with van der Waals surface area (Å²) in [6.45, 7) is 1.91. The first kappa shape index (κ1) is 17.9. The third-order valence-corrected chi connectivity index (χ3v) is 3.75. The van der Waals surface area contributed by atoms with Crippen LogP contribution in [0.4, 0.5) is 0 Å². The number of rotatable bonds is 6. The molecule has 1 aliphatic rings. The molecule has 1 rings (SSSR count). The molecule has 2 N–H and O–H groups in total. The fourth-order valence-corrected chi connectivity index (χ4v) is 2.66. The van der Waals surface area contributed by atoms with Crippen molar-refractivity contribution in [2.75, 3.05) is 19.6 Å². The highest BCUT2D eigenvalue weighted by Gasteiger charge is 2.27. The molecular weight excluding hydrogens is 292 g/mol. The van der Waals surface area contributed by atoms with E-state index in [0.29, 0.717) is 32.4 Å². The smallest absolute Gasteiger partial charge is 0.323 e. The number of carbonyl (C=O) groups excluding carboxylic acids is 2. The van der Waals surface area contributed by atoms with Crippen molar-refractivity contribution >= 4 is 23.8 Å². The van der Waals surface area contributed by atoms with Gasteiger partial charge in [0.05, 0.1) is 6.42 Å². The van der Waals surface area contributed by atoms with E-state index in [9.17, 15) is 19.2 Å².